The molecule has 4 aromatic rings. The van der Waals surface area contributed by atoms with E-state index in [-0.39, 0.29) is 23.5 Å². The molecule has 0 amide bonds. The molecule has 0 radical (unpaired) electrons. The number of aryl methyl sites for hydroxylation is 2. The zero-order valence-corrected chi connectivity index (χ0v) is 18.7. The first-order chi connectivity index (χ1) is 15.8. The Morgan fingerprint density at radius 2 is 1.85 bits per heavy atom. The Morgan fingerprint density at radius 1 is 1.12 bits per heavy atom. The zero-order chi connectivity index (χ0) is 23.7. The van der Waals surface area contributed by atoms with E-state index in [9.17, 15) is 14.7 Å². The van der Waals surface area contributed by atoms with Crippen molar-refractivity contribution in [2.45, 2.75) is 13.5 Å². The van der Waals surface area contributed by atoms with E-state index in [4.69, 9.17) is 4.74 Å². The number of phenols is 1. The van der Waals surface area contributed by atoms with Crippen molar-refractivity contribution in [1.29, 1.82) is 0 Å². The summed E-state index contributed by atoms with van der Waals surface area (Å²) in [6.45, 7) is 1.94. The number of fused-ring (bicyclic) bond motifs is 1. The number of ether oxygens (including phenoxy) is 1. The molecular weight excluding hydrogens is 424 g/mol. The first-order valence-electron chi connectivity index (χ1n) is 10.2. The van der Waals surface area contributed by atoms with E-state index >= 15 is 0 Å². The van der Waals surface area contributed by atoms with E-state index in [0.29, 0.717) is 17.4 Å². The molecule has 10 nitrogen and oxygen atoms in total. The Bertz CT molecular complexity index is 1480. The molecule has 170 valence electrons. The van der Waals surface area contributed by atoms with E-state index in [2.05, 4.69) is 15.5 Å². The molecule has 4 rings (SSSR count). The molecule has 0 fully saturated rings. The van der Waals surface area contributed by atoms with E-state index in [1.807, 2.05) is 30.3 Å². The van der Waals surface area contributed by atoms with Gasteiger partial charge in [0.25, 0.3) is 5.56 Å². The Hall–Kier alpha value is -4.34. The largest absolute Gasteiger partial charge is 0.504 e. The smallest absolute Gasteiger partial charge is 0.332 e. The lowest BCUT2D eigenvalue weighted by Gasteiger charge is -2.08. The van der Waals surface area contributed by atoms with Gasteiger partial charge in [0.05, 0.1) is 19.4 Å². The Morgan fingerprint density at radius 3 is 2.55 bits per heavy atom. The lowest BCUT2D eigenvalue weighted by molar-refractivity contribution is 0.373. The van der Waals surface area contributed by atoms with Gasteiger partial charge in [-0.05, 0) is 30.7 Å². The number of nitrogens with zero attached hydrogens (tertiary/aromatic N) is 5. The number of phenolic OH excluding ortho intramolecular Hbond substituents is 1. The molecule has 0 bridgehead atoms. The minimum Gasteiger partial charge on any atom is -0.504 e. The molecule has 0 aliphatic carbocycles. The normalized spacial score (nSPS) is 11.7. The van der Waals surface area contributed by atoms with E-state index in [1.165, 1.54) is 22.3 Å². The third-order valence-corrected chi connectivity index (χ3v) is 5.46. The van der Waals surface area contributed by atoms with Gasteiger partial charge >= 0.3 is 5.69 Å². The fourth-order valence-electron chi connectivity index (χ4n) is 3.55. The number of hydrogen-bond donors (Lipinski definition) is 2. The summed E-state index contributed by atoms with van der Waals surface area (Å²) in [5, 5.41) is 14.1. The number of rotatable bonds is 6. The second kappa shape index (κ2) is 8.65. The molecule has 2 heterocycles. The van der Waals surface area contributed by atoms with Crippen molar-refractivity contribution in [3.63, 3.8) is 0 Å². The lowest BCUT2D eigenvalue weighted by Crippen LogP contribution is -2.39. The quantitative estimate of drug-likeness (QED) is 0.345. The third kappa shape index (κ3) is 3.98. The first-order valence-corrected chi connectivity index (χ1v) is 10.2. The van der Waals surface area contributed by atoms with Gasteiger partial charge < -0.3 is 14.4 Å². The van der Waals surface area contributed by atoms with Gasteiger partial charge in [0.1, 0.15) is 0 Å². The number of imidazole rings is 1. The summed E-state index contributed by atoms with van der Waals surface area (Å²) < 4.78 is 9.26. The highest BCUT2D eigenvalue weighted by Gasteiger charge is 2.18. The van der Waals surface area contributed by atoms with Gasteiger partial charge in [-0.2, -0.15) is 10.1 Å². The standard InChI is InChI=1S/C23H24N6O4/c1-14(16-10-11-17(30)18(12-16)33-4)25-26-22-24-20-19(27(22)2)21(31)29(23(32)28(20)3)13-15-8-6-5-7-9-15/h5-12,30H,13H2,1-4H3,(H,24,26)/b25-14+. The third-order valence-electron chi connectivity index (χ3n) is 5.46. The van der Waals surface area contributed by atoms with Crippen LogP contribution >= 0.6 is 0 Å². The van der Waals surface area contributed by atoms with Crippen LogP contribution in [0.2, 0.25) is 0 Å². The average molecular weight is 448 g/mol. The van der Waals surface area contributed by atoms with Crippen LogP contribution in [-0.4, -0.2) is 36.6 Å². The van der Waals surface area contributed by atoms with Crippen molar-refractivity contribution in [1.82, 2.24) is 18.7 Å². The average Bonchev–Trinajstić information content (AvgIpc) is 3.16. The highest BCUT2D eigenvalue weighted by atomic mass is 16.5. The van der Waals surface area contributed by atoms with E-state index < -0.39 is 11.2 Å². The van der Waals surface area contributed by atoms with Crippen molar-refractivity contribution in [3.8, 4) is 11.5 Å². The minimum atomic E-state index is -0.447. The second-order valence-corrected chi connectivity index (χ2v) is 7.58. The maximum atomic E-state index is 13.2. The monoisotopic (exact) mass is 448 g/mol. The van der Waals surface area contributed by atoms with Gasteiger partial charge in [-0.3, -0.25) is 13.9 Å². The highest BCUT2D eigenvalue weighted by molar-refractivity contribution is 5.99. The van der Waals surface area contributed by atoms with Crippen LogP contribution in [0.3, 0.4) is 0 Å². The van der Waals surface area contributed by atoms with Crippen LogP contribution in [-0.2, 0) is 20.6 Å². The number of benzene rings is 2. The van der Waals surface area contributed by atoms with Crippen LogP contribution in [0, 0.1) is 0 Å². The summed E-state index contributed by atoms with van der Waals surface area (Å²) in [6, 6.07) is 14.2. The van der Waals surface area contributed by atoms with E-state index in [0.717, 1.165) is 11.1 Å². The van der Waals surface area contributed by atoms with Crippen LogP contribution < -0.4 is 21.4 Å². The molecule has 0 saturated heterocycles. The Balaban J connectivity index is 1.73. The van der Waals surface area contributed by atoms with Gasteiger partial charge in [-0.25, -0.2) is 10.2 Å². The SMILES string of the molecule is COc1cc(/C(C)=N/Nc2nc3c(c(=O)n(Cc4ccccc4)c(=O)n3C)n2C)ccc1O. The lowest BCUT2D eigenvalue weighted by atomic mass is 10.1. The van der Waals surface area contributed by atoms with Gasteiger partial charge in [-0.15, -0.1) is 0 Å². The molecule has 0 atom stereocenters. The van der Waals surface area contributed by atoms with Crippen LogP contribution in [0.15, 0.2) is 63.2 Å². The van der Waals surface area contributed by atoms with Crippen molar-refractivity contribution in [2.24, 2.45) is 19.2 Å². The summed E-state index contributed by atoms with van der Waals surface area (Å²) in [4.78, 5) is 30.5. The molecule has 2 aromatic heterocycles. The van der Waals surface area contributed by atoms with Gasteiger partial charge in [0.15, 0.2) is 22.7 Å². The molecule has 0 spiro atoms. The molecule has 10 heteroatoms. The first kappa shape index (κ1) is 21.9. The summed E-state index contributed by atoms with van der Waals surface area (Å²) in [7, 11) is 4.74. The fraction of sp³-hybridized carbons (Fsp3) is 0.217. The summed E-state index contributed by atoms with van der Waals surface area (Å²) >= 11 is 0. The number of methoxy groups -OCH3 is 1. The summed E-state index contributed by atoms with van der Waals surface area (Å²) in [5.74, 6) is 0.670. The summed E-state index contributed by atoms with van der Waals surface area (Å²) in [6.07, 6.45) is 0. The second-order valence-electron chi connectivity index (χ2n) is 7.58. The Kier molecular flexibility index (Phi) is 5.74. The number of hydrogen-bond acceptors (Lipinski definition) is 7. The van der Waals surface area contributed by atoms with Crippen molar-refractivity contribution in [3.05, 3.63) is 80.5 Å². The van der Waals surface area contributed by atoms with Crippen molar-refractivity contribution < 1.29 is 9.84 Å². The predicted molar refractivity (Wildman–Crippen MR) is 126 cm³/mol. The zero-order valence-electron chi connectivity index (χ0n) is 18.7. The maximum absolute atomic E-state index is 13.2. The number of aromatic hydroxyl groups is 1. The highest BCUT2D eigenvalue weighted by Crippen LogP contribution is 2.26. The fourth-order valence-corrected chi connectivity index (χ4v) is 3.55. The van der Waals surface area contributed by atoms with E-state index in [1.54, 1.807) is 37.7 Å². The van der Waals surface area contributed by atoms with Crippen molar-refractivity contribution in [2.75, 3.05) is 12.5 Å². The minimum absolute atomic E-state index is 0.0325. The van der Waals surface area contributed by atoms with Gasteiger partial charge in [-0.1, -0.05) is 30.3 Å². The van der Waals surface area contributed by atoms with Gasteiger partial charge in [0, 0.05) is 19.7 Å². The number of nitrogens with one attached hydrogen (secondary N) is 1. The molecule has 33 heavy (non-hydrogen) atoms. The van der Waals surface area contributed by atoms with Gasteiger partial charge in [0.2, 0.25) is 5.95 Å². The van der Waals surface area contributed by atoms with Crippen LogP contribution in [0.4, 0.5) is 5.95 Å². The molecule has 2 aromatic carbocycles. The van der Waals surface area contributed by atoms with Crippen LogP contribution in [0.5, 0.6) is 11.5 Å². The summed E-state index contributed by atoms with van der Waals surface area (Å²) in [5.41, 5.74) is 4.73. The number of anilines is 1. The van der Waals surface area contributed by atoms with Crippen molar-refractivity contribution >= 4 is 22.8 Å². The topological polar surface area (TPSA) is 116 Å². The van der Waals surface area contributed by atoms with Crippen LogP contribution in [0.25, 0.3) is 11.2 Å². The molecule has 0 aliphatic heterocycles. The molecule has 2 N–H and O–H groups in total. The predicted octanol–water partition coefficient (Wildman–Crippen LogP) is 2.03. The molecule has 0 saturated carbocycles. The molecule has 0 aliphatic rings. The Labute approximate surface area is 189 Å². The molecule has 0 unspecified atom stereocenters. The maximum Gasteiger partial charge on any atom is 0.332 e. The molecular formula is C23H24N6O4. The number of aromatic nitrogens is 4. The number of hydrazone groups is 1. The van der Waals surface area contributed by atoms with Crippen LogP contribution in [0.1, 0.15) is 18.1 Å².